The standard InChI is InChI=1S/C16H11FO2/c17-16-9-14(19)5-6-15(16)11-2-1-10-3-4-13(18)8-12(10)7-11/h1-9,18-19H. The van der Waals surface area contributed by atoms with E-state index in [1.165, 1.54) is 12.1 Å². The van der Waals surface area contributed by atoms with Crippen LogP contribution in [0.4, 0.5) is 4.39 Å². The number of halogens is 1. The number of hydrogen-bond donors (Lipinski definition) is 2. The van der Waals surface area contributed by atoms with E-state index in [1.807, 2.05) is 24.3 Å². The highest BCUT2D eigenvalue weighted by molar-refractivity contribution is 5.88. The molecule has 0 bridgehead atoms. The van der Waals surface area contributed by atoms with Crippen LogP contribution in [0.2, 0.25) is 0 Å². The summed E-state index contributed by atoms with van der Waals surface area (Å²) >= 11 is 0. The molecule has 0 aliphatic rings. The minimum atomic E-state index is -0.473. The predicted molar refractivity (Wildman–Crippen MR) is 72.7 cm³/mol. The molecule has 2 nitrogen and oxygen atoms in total. The average molecular weight is 254 g/mol. The Balaban J connectivity index is 2.19. The second kappa shape index (κ2) is 4.28. The van der Waals surface area contributed by atoms with Crippen LogP contribution in [0.1, 0.15) is 0 Å². The highest BCUT2D eigenvalue weighted by Gasteiger charge is 2.07. The van der Waals surface area contributed by atoms with E-state index in [0.717, 1.165) is 16.8 Å². The smallest absolute Gasteiger partial charge is 0.134 e. The van der Waals surface area contributed by atoms with Gasteiger partial charge in [-0.1, -0.05) is 18.2 Å². The molecule has 94 valence electrons. The van der Waals surface area contributed by atoms with Crippen LogP contribution in [0.15, 0.2) is 54.6 Å². The zero-order valence-corrected chi connectivity index (χ0v) is 9.97. The molecule has 0 spiro atoms. The van der Waals surface area contributed by atoms with E-state index in [-0.39, 0.29) is 11.5 Å². The molecule has 19 heavy (non-hydrogen) atoms. The van der Waals surface area contributed by atoms with Gasteiger partial charge in [0.15, 0.2) is 0 Å². The first-order valence-electron chi connectivity index (χ1n) is 5.85. The van der Waals surface area contributed by atoms with Crippen LogP contribution in [-0.2, 0) is 0 Å². The summed E-state index contributed by atoms with van der Waals surface area (Å²) in [5.41, 5.74) is 1.12. The highest BCUT2D eigenvalue weighted by Crippen LogP contribution is 2.29. The summed E-state index contributed by atoms with van der Waals surface area (Å²) in [6.07, 6.45) is 0. The Labute approximate surface area is 109 Å². The fraction of sp³-hybridized carbons (Fsp3) is 0. The van der Waals surface area contributed by atoms with Crippen LogP contribution >= 0.6 is 0 Å². The predicted octanol–water partition coefficient (Wildman–Crippen LogP) is 4.06. The largest absolute Gasteiger partial charge is 0.508 e. The Kier molecular flexibility index (Phi) is 2.60. The Morgan fingerprint density at radius 1 is 0.684 bits per heavy atom. The molecule has 3 rings (SSSR count). The Hall–Kier alpha value is -2.55. The van der Waals surface area contributed by atoms with E-state index in [2.05, 4.69) is 0 Å². The molecule has 3 aromatic carbocycles. The maximum Gasteiger partial charge on any atom is 0.134 e. The number of hydrogen-bond acceptors (Lipinski definition) is 2. The molecule has 0 atom stereocenters. The van der Waals surface area contributed by atoms with Crippen LogP contribution in [0, 0.1) is 5.82 Å². The molecule has 0 radical (unpaired) electrons. The monoisotopic (exact) mass is 254 g/mol. The number of fused-ring (bicyclic) bond motifs is 1. The minimum absolute atomic E-state index is 0.0975. The Morgan fingerprint density at radius 2 is 1.37 bits per heavy atom. The Morgan fingerprint density at radius 3 is 2.16 bits per heavy atom. The molecule has 0 amide bonds. The van der Waals surface area contributed by atoms with Crippen molar-refractivity contribution in [1.29, 1.82) is 0 Å². The van der Waals surface area contributed by atoms with Gasteiger partial charge in [-0.25, -0.2) is 4.39 Å². The van der Waals surface area contributed by atoms with Crippen LogP contribution in [0.5, 0.6) is 11.5 Å². The normalized spacial score (nSPS) is 10.8. The van der Waals surface area contributed by atoms with Crippen LogP contribution in [-0.4, -0.2) is 10.2 Å². The third-order valence-electron chi connectivity index (χ3n) is 3.09. The van der Waals surface area contributed by atoms with Gasteiger partial charge in [0.1, 0.15) is 17.3 Å². The quantitative estimate of drug-likeness (QED) is 0.687. The van der Waals surface area contributed by atoms with Crippen LogP contribution < -0.4 is 0 Å². The van der Waals surface area contributed by atoms with Crippen molar-refractivity contribution in [2.75, 3.05) is 0 Å². The first kappa shape index (κ1) is 11.5. The van der Waals surface area contributed by atoms with E-state index in [0.29, 0.717) is 11.1 Å². The third kappa shape index (κ3) is 2.10. The first-order valence-corrected chi connectivity index (χ1v) is 5.85. The molecule has 0 aromatic heterocycles. The average Bonchev–Trinajstić information content (AvgIpc) is 2.38. The summed E-state index contributed by atoms with van der Waals surface area (Å²) < 4.78 is 13.8. The van der Waals surface area contributed by atoms with Gasteiger partial charge < -0.3 is 10.2 Å². The van der Waals surface area contributed by atoms with Crippen molar-refractivity contribution in [3.63, 3.8) is 0 Å². The van der Waals surface area contributed by atoms with Crippen LogP contribution in [0.25, 0.3) is 21.9 Å². The fourth-order valence-electron chi connectivity index (χ4n) is 2.14. The highest BCUT2D eigenvalue weighted by atomic mass is 19.1. The van der Waals surface area contributed by atoms with Crippen molar-refractivity contribution >= 4 is 10.8 Å². The molecule has 3 aromatic rings. The molecular weight excluding hydrogens is 243 g/mol. The van der Waals surface area contributed by atoms with Gasteiger partial charge in [0.25, 0.3) is 0 Å². The van der Waals surface area contributed by atoms with Gasteiger partial charge in [0, 0.05) is 11.6 Å². The lowest BCUT2D eigenvalue weighted by atomic mass is 10.0. The summed E-state index contributed by atoms with van der Waals surface area (Å²) in [7, 11) is 0. The van der Waals surface area contributed by atoms with E-state index in [4.69, 9.17) is 0 Å². The molecule has 0 heterocycles. The Bertz CT molecular complexity index is 766. The number of benzene rings is 3. The third-order valence-corrected chi connectivity index (χ3v) is 3.09. The molecule has 3 heteroatoms. The second-order valence-corrected chi connectivity index (χ2v) is 4.41. The molecule has 0 unspecified atom stereocenters. The molecule has 0 saturated heterocycles. The van der Waals surface area contributed by atoms with Crippen LogP contribution in [0.3, 0.4) is 0 Å². The number of phenolic OH excluding ortho intramolecular Hbond substituents is 2. The van der Waals surface area contributed by atoms with Crippen molar-refractivity contribution in [1.82, 2.24) is 0 Å². The number of aromatic hydroxyl groups is 2. The zero-order chi connectivity index (χ0) is 13.4. The van der Waals surface area contributed by atoms with E-state index >= 15 is 0 Å². The van der Waals surface area contributed by atoms with Gasteiger partial charge in [-0.3, -0.25) is 0 Å². The van der Waals surface area contributed by atoms with Gasteiger partial charge in [-0.05, 0) is 46.7 Å². The summed E-state index contributed by atoms with van der Waals surface area (Å²) in [5, 5.41) is 20.5. The maximum atomic E-state index is 13.8. The van der Waals surface area contributed by atoms with Gasteiger partial charge in [0.05, 0.1) is 0 Å². The second-order valence-electron chi connectivity index (χ2n) is 4.41. The van der Waals surface area contributed by atoms with Gasteiger partial charge in [-0.15, -0.1) is 0 Å². The fourth-order valence-corrected chi connectivity index (χ4v) is 2.14. The SMILES string of the molecule is Oc1ccc(-c2ccc3ccc(O)cc3c2)c(F)c1. The molecule has 0 aliphatic heterocycles. The minimum Gasteiger partial charge on any atom is -0.508 e. The van der Waals surface area contributed by atoms with Crippen molar-refractivity contribution in [2.24, 2.45) is 0 Å². The lowest BCUT2D eigenvalue weighted by Gasteiger charge is -2.06. The van der Waals surface area contributed by atoms with Crippen molar-refractivity contribution in [2.45, 2.75) is 0 Å². The van der Waals surface area contributed by atoms with E-state index in [1.54, 1.807) is 12.1 Å². The van der Waals surface area contributed by atoms with E-state index < -0.39 is 5.82 Å². The summed E-state index contributed by atoms with van der Waals surface area (Å²) in [5.74, 6) is -0.394. The maximum absolute atomic E-state index is 13.8. The van der Waals surface area contributed by atoms with Crippen molar-refractivity contribution in [3.8, 4) is 22.6 Å². The number of phenols is 2. The summed E-state index contributed by atoms with van der Waals surface area (Å²) in [6.45, 7) is 0. The molecule has 0 saturated carbocycles. The summed E-state index contributed by atoms with van der Waals surface area (Å²) in [6, 6.07) is 14.6. The lowest BCUT2D eigenvalue weighted by Crippen LogP contribution is -1.84. The molecule has 0 fully saturated rings. The van der Waals surface area contributed by atoms with Crippen molar-refractivity contribution < 1.29 is 14.6 Å². The van der Waals surface area contributed by atoms with Crippen molar-refractivity contribution in [3.05, 3.63) is 60.4 Å². The van der Waals surface area contributed by atoms with Gasteiger partial charge in [-0.2, -0.15) is 0 Å². The first-order chi connectivity index (χ1) is 9.13. The van der Waals surface area contributed by atoms with E-state index in [9.17, 15) is 14.6 Å². The summed E-state index contributed by atoms with van der Waals surface area (Å²) in [4.78, 5) is 0. The molecule has 0 aliphatic carbocycles. The molecule has 2 N–H and O–H groups in total. The molecular formula is C16H11FO2. The topological polar surface area (TPSA) is 40.5 Å². The zero-order valence-electron chi connectivity index (χ0n) is 9.97. The lowest BCUT2D eigenvalue weighted by molar-refractivity contribution is 0.469. The van der Waals surface area contributed by atoms with Gasteiger partial charge in [0.2, 0.25) is 0 Å². The van der Waals surface area contributed by atoms with Gasteiger partial charge >= 0.3 is 0 Å². The number of rotatable bonds is 1.